The summed E-state index contributed by atoms with van der Waals surface area (Å²) in [6.07, 6.45) is 0. The molecule has 1 saturated heterocycles. The molecule has 0 saturated carbocycles. The van der Waals surface area contributed by atoms with E-state index in [1.54, 1.807) is 13.0 Å². The molecule has 1 amide bonds. The highest BCUT2D eigenvalue weighted by Gasteiger charge is 2.19. The molecule has 0 radical (unpaired) electrons. The number of anilines is 1. The Morgan fingerprint density at radius 1 is 1.25 bits per heavy atom. The van der Waals surface area contributed by atoms with Crippen LogP contribution in [0.4, 0.5) is 5.82 Å². The average Bonchev–Trinajstić information content (AvgIpc) is 2.94. The zero-order valence-corrected chi connectivity index (χ0v) is 14.4. The van der Waals surface area contributed by atoms with Gasteiger partial charge < -0.3 is 9.84 Å². The van der Waals surface area contributed by atoms with E-state index in [2.05, 4.69) is 26.3 Å². The van der Waals surface area contributed by atoms with Crippen LogP contribution < -0.4 is 5.32 Å². The number of benzene rings is 1. The van der Waals surface area contributed by atoms with E-state index in [4.69, 9.17) is 16.1 Å². The predicted molar refractivity (Wildman–Crippen MR) is 93.0 cm³/mol. The summed E-state index contributed by atoms with van der Waals surface area (Å²) in [5.74, 6) is 1.09. The van der Waals surface area contributed by atoms with Gasteiger partial charge in [-0.15, -0.1) is 0 Å². The Kier molecular flexibility index (Phi) is 5.50. The number of piperazine rings is 1. The second kappa shape index (κ2) is 7.79. The number of nitrogens with zero attached hydrogens (tertiary/aromatic N) is 3. The molecule has 0 bridgehead atoms. The molecule has 1 aliphatic heterocycles. The van der Waals surface area contributed by atoms with Crippen molar-refractivity contribution in [3.05, 3.63) is 46.7 Å². The van der Waals surface area contributed by atoms with Gasteiger partial charge in [-0.05, 0) is 24.6 Å². The van der Waals surface area contributed by atoms with Gasteiger partial charge in [0, 0.05) is 43.8 Å². The van der Waals surface area contributed by atoms with Crippen LogP contribution in [0.5, 0.6) is 0 Å². The van der Waals surface area contributed by atoms with E-state index >= 15 is 0 Å². The fourth-order valence-corrected chi connectivity index (χ4v) is 3.02. The van der Waals surface area contributed by atoms with Gasteiger partial charge in [-0.25, -0.2) is 0 Å². The molecule has 0 spiro atoms. The van der Waals surface area contributed by atoms with Gasteiger partial charge in [0.25, 0.3) is 0 Å². The number of carbonyl (C=O) groups excluding carboxylic acids is 1. The largest absolute Gasteiger partial charge is 0.360 e. The highest BCUT2D eigenvalue weighted by Crippen LogP contribution is 2.14. The number of hydrogen-bond acceptors (Lipinski definition) is 5. The van der Waals surface area contributed by atoms with Gasteiger partial charge in [0.15, 0.2) is 5.82 Å². The third-order valence-corrected chi connectivity index (χ3v) is 4.26. The molecule has 7 heteroatoms. The number of aromatic nitrogens is 1. The van der Waals surface area contributed by atoms with Crippen molar-refractivity contribution in [1.29, 1.82) is 0 Å². The molecule has 3 rings (SSSR count). The first kappa shape index (κ1) is 17.0. The van der Waals surface area contributed by atoms with Gasteiger partial charge in [-0.1, -0.05) is 28.9 Å². The summed E-state index contributed by atoms with van der Waals surface area (Å²) >= 11 is 6.03. The molecule has 6 nitrogen and oxygen atoms in total. The minimum Gasteiger partial charge on any atom is -0.360 e. The Labute approximate surface area is 146 Å². The number of aryl methyl sites for hydroxylation is 1. The molecular weight excluding hydrogens is 328 g/mol. The average molecular weight is 349 g/mol. The highest BCUT2D eigenvalue weighted by atomic mass is 35.5. The van der Waals surface area contributed by atoms with Crippen molar-refractivity contribution in [3.63, 3.8) is 0 Å². The first-order chi connectivity index (χ1) is 11.6. The van der Waals surface area contributed by atoms with E-state index in [1.165, 1.54) is 5.56 Å². The maximum absolute atomic E-state index is 12.0. The molecule has 2 aromatic rings. The lowest BCUT2D eigenvalue weighted by Gasteiger charge is -2.34. The van der Waals surface area contributed by atoms with Crippen LogP contribution in [0.3, 0.4) is 0 Å². The van der Waals surface area contributed by atoms with Gasteiger partial charge in [-0.3, -0.25) is 14.6 Å². The van der Waals surface area contributed by atoms with Crippen molar-refractivity contribution < 1.29 is 9.32 Å². The summed E-state index contributed by atoms with van der Waals surface area (Å²) in [4.78, 5) is 16.6. The Bertz CT molecular complexity index is 695. The highest BCUT2D eigenvalue weighted by molar-refractivity contribution is 6.30. The smallest absolute Gasteiger partial charge is 0.239 e. The maximum Gasteiger partial charge on any atom is 0.239 e. The van der Waals surface area contributed by atoms with Crippen LogP contribution in [-0.2, 0) is 11.3 Å². The number of halogens is 1. The summed E-state index contributed by atoms with van der Waals surface area (Å²) in [6.45, 7) is 6.65. The van der Waals surface area contributed by atoms with Gasteiger partial charge in [-0.2, -0.15) is 0 Å². The number of amides is 1. The normalized spacial score (nSPS) is 16.2. The van der Waals surface area contributed by atoms with Crippen LogP contribution in [0.1, 0.15) is 11.3 Å². The second-order valence-electron chi connectivity index (χ2n) is 6.05. The summed E-state index contributed by atoms with van der Waals surface area (Å²) in [5, 5.41) is 7.29. The minimum atomic E-state index is -0.0633. The van der Waals surface area contributed by atoms with Gasteiger partial charge in [0.2, 0.25) is 5.91 Å². The summed E-state index contributed by atoms with van der Waals surface area (Å²) in [7, 11) is 0. The van der Waals surface area contributed by atoms with Crippen LogP contribution in [0.25, 0.3) is 0 Å². The fourth-order valence-electron chi connectivity index (χ4n) is 2.81. The van der Waals surface area contributed by atoms with Crippen molar-refractivity contribution >= 4 is 23.3 Å². The number of carbonyl (C=O) groups is 1. The van der Waals surface area contributed by atoms with Crippen molar-refractivity contribution in [1.82, 2.24) is 15.0 Å². The molecule has 1 fully saturated rings. The van der Waals surface area contributed by atoms with E-state index in [0.29, 0.717) is 18.1 Å². The lowest BCUT2D eigenvalue weighted by atomic mass is 10.2. The van der Waals surface area contributed by atoms with Crippen LogP contribution >= 0.6 is 11.6 Å². The summed E-state index contributed by atoms with van der Waals surface area (Å²) < 4.78 is 4.94. The van der Waals surface area contributed by atoms with E-state index in [0.717, 1.165) is 37.7 Å². The van der Waals surface area contributed by atoms with Crippen molar-refractivity contribution in [3.8, 4) is 0 Å². The van der Waals surface area contributed by atoms with Gasteiger partial charge in [0.05, 0.1) is 6.54 Å². The molecule has 1 N–H and O–H groups in total. The molecule has 0 aliphatic carbocycles. The zero-order valence-electron chi connectivity index (χ0n) is 13.7. The van der Waals surface area contributed by atoms with Gasteiger partial charge in [0.1, 0.15) is 5.76 Å². The van der Waals surface area contributed by atoms with Gasteiger partial charge >= 0.3 is 0 Å². The third-order valence-electron chi connectivity index (χ3n) is 4.02. The first-order valence-electron chi connectivity index (χ1n) is 8.01. The van der Waals surface area contributed by atoms with E-state index in [9.17, 15) is 4.79 Å². The topological polar surface area (TPSA) is 61.6 Å². The first-order valence-corrected chi connectivity index (χ1v) is 8.38. The molecule has 2 heterocycles. The quantitative estimate of drug-likeness (QED) is 0.899. The molecule has 0 unspecified atom stereocenters. The van der Waals surface area contributed by atoms with Crippen LogP contribution in [0.15, 0.2) is 34.9 Å². The zero-order chi connectivity index (χ0) is 16.9. The Morgan fingerprint density at radius 3 is 2.67 bits per heavy atom. The SMILES string of the molecule is Cc1cc(NC(=O)CN2CCN(Cc3cccc(Cl)c3)CC2)no1. The number of hydrogen-bond donors (Lipinski definition) is 1. The Hall–Kier alpha value is -1.89. The lowest BCUT2D eigenvalue weighted by molar-refractivity contribution is -0.117. The molecule has 128 valence electrons. The molecular formula is C17H21ClN4O2. The Morgan fingerprint density at radius 2 is 2.00 bits per heavy atom. The summed E-state index contributed by atoms with van der Waals surface area (Å²) in [6, 6.07) is 9.66. The van der Waals surface area contributed by atoms with Crippen molar-refractivity contribution in [2.24, 2.45) is 0 Å². The van der Waals surface area contributed by atoms with E-state index in [1.807, 2.05) is 18.2 Å². The molecule has 1 aliphatic rings. The number of nitrogens with one attached hydrogen (secondary N) is 1. The maximum atomic E-state index is 12.0. The second-order valence-corrected chi connectivity index (χ2v) is 6.49. The molecule has 1 aromatic heterocycles. The third kappa shape index (κ3) is 4.80. The molecule has 0 atom stereocenters. The monoisotopic (exact) mass is 348 g/mol. The predicted octanol–water partition coefficient (Wildman–Crippen LogP) is 2.39. The van der Waals surface area contributed by atoms with E-state index < -0.39 is 0 Å². The Balaban J connectivity index is 1.42. The van der Waals surface area contributed by atoms with Crippen molar-refractivity contribution in [2.45, 2.75) is 13.5 Å². The minimum absolute atomic E-state index is 0.0633. The fraction of sp³-hybridized carbons (Fsp3) is 0.412. The molecule has 1 aromatic carbocycles. The van der Waals surface area contributed by atoms with Crippen LogP contribution in [0, 0.1) is 6.92 Å². The van der Waals surface area contributed by atoms with Crippen LogP contribution in [-0.4, -0.2) is 53.6 Å². The summed E-state index contributed by atoms with van der Waals surface area (Å²) in [5.41, 5.74) is 1.22. The standard InChI is InChI=1S/C17H21ClN4O2/c1-13-9-16(20-24-13)19-17(23)12-22-7-5-21(6-8-22)11-14-3-2-4-15(18)10-14/h2-4,9-10H,5-8,11-12H2,1H3,(H,19,20,23). The van der Waals surface area contributed by atoms with E-state index in [-0.39, 0.29) is 5.91 Å². The van der Waals surface area contributed by atoms with Crippen molar-refractivity contribution in [2.75, 3.05) is 38.0 Å². The number of rotatable bonds is 5. The molecule has 24 heavy (non-hydrogen) atoms. The lowest BCUT2D eigenvalue weighted by Crippen LogP contribution is -2.48. The van der Waals surface area contributed by atoms with Crippen LogP contribution in [0.2, 0.25) is 5.02 Å².